The average Bonchev–Trinajstić information content (AvgIpc) is 3.30. The van der Waals surface area contributed by atoms with Crippen LogP contribution in [-0.2, 0) is 25.1 Å². The van der Waals surface area contributed by atoms with E-state index in [1.807, 2.05) is 6.08 Å². The third-order valence-corrected chi connectivity index (χ3v) is 11.8. The maximum Gasteiger partial charge on any atom is 0.408 e. The van der Waals surface area contributed by atoms with Gasteiger partial charge in [-0.25, -0.2) is 18.0 Å². The van der Waals surface area contributed by atoms with Crippen LogP contribution in [0.3, 0.4) is 0 Å². The molecule has 5 rings (SSSR count). The summed E-state index contributed by atoms with van der Waals surface area (Å²) in [6.07, 6.45) is 9.32. The second kappa shape index (κ2) is 13.0. The van der Waals surface area contributed by atoms with E-state index >= 15 is 0 Å². The Bertz CT molecular complexity index is 1320. The fourth-order valence-electron chi connectivity index (χ4n) is 6.64. The topological polar surface area (TPSA) is 125 Å². The van der Waals surface area contributed by atoms with Crippen molar-refractivity contribution in [3.05, 3.63) is 47.3 Å². The summed E-state index contributed by atoms with van der Waals surface area (Å²) < 4.78 is 62.2. The number of carbonyl (C=O) groups is 3. The molecule has 13 heteroatoms. The summed E-state index contributed by atoms with van der Waals surface area (Å²) in [7, 11) is -4.58. The van der Waals surface area contributed by atoms with Gasteiger partial charge in [0.1, 0.15) is 29.3 Å². The maximum absolute atomic E-state index is 14.5. The summed E-state index contributed by atoms with van der Waals surface area (Å²) in [4.78, 5) is 52.8. The van der Waals surface area contributed by atoms with Crippen LogP contribution in [0.5, 0.6) is 0 Å². The van der Waals surface area contributed by atoms with Gasteiger partial charge in [-0.15, -0.1) is 0 Å². The number of fused-ring (bicyclic) bond motifs is 2. The van der Waals surface area contributed by atoms with Crippen LogP contribution in [0.15, 0.2) is 24.3 Å². The van der Waals surface area contributed by atoms with Gasteiger partial charge in [0, 0.05) is 18.0 Å². The molecular weight excluding hydrogens is 586 g/mol. The van der Waals surface area contributed by atoms with Gasteiger partial charge in [-0.1, -0.05) is 25.0 Å². The normalized spacial score (nSPS) is 30.7. The third kappa shape index (κ3) is 6.80. The minimum atomic E-state index is -4.58. The number of allylic oxidation sites excluding steroid dienone is 1. The van der Waals surface area contributed by atoms with Crippen LogP contribution in [0.2, 0.25) is 0 Å². The van der Waals surface area contributed by atoms with Crippen LogP contribution in [0.4, 0.5) is 18.0 Å². The highest BCUT2D eigenvalue weighted by atomic mass is 31.2. The highest BCUT2D eigenvalue weighted by Crippen LogP contribution is 2.71. The van der Waals surface area contributed by atoms with Crippen molar-refractivity contribution in [1.82, 2.24) is 15.5 Å². The number of hydrogen-bond acceptors (Lipinski definition) is 5. The van der Waals surface area contributed by atoms with E-state index in [2.05, 4.69) is 10.6 Å². The summed E-state index contributed by atoms with van der Waals surface area (Å²) in [5.41, 5.74) is -0.851. The van der Waals surface area contributed by atoms with Gasteiger partial charge in [0.25, 0.3) is 0 Å². The molecule has 3 fully saturated rings. The first-order chi connectivity index (χ1) is 20.5. The summed E-state index contributed by atoms with van der Waals surface area (Å²) in [5.74, 6) is -5.70. The molecule has 43 heavy (non-hydrogen) atoms. The molecular formula is C30H39F3N3O6P. The van der Waals surface area contributed by atoms with Crippen molar-refractivity contribution in [2.24, 2.45) is 5.92 Å². The monoisotopic (exact) mass is 625 g/mol. The molecule has 0 spiro atoms. The molecule has 0 radical (unpaired) electrons. The number of nitrogens with one attached hydrogen (secondary N) is 2. The van der Waals surface area contributed by atoms with Gasteiger partial charge in [-0.3, -0.25) is 14.2 Å². The SMILES string of the molecule is O=C(N[C@H]1CCCCC/C=C\[C@@H]2C[C@@]2(P(=O)(O)Cc2c(F)ccc(F)c2F)NC(=O)[C@@H]2CCCN2C1=O)OC1CCCC1. The van der Waals surface area contributed by atoms with Gasteiger partial charge >= 0.3 is 6.09 Å². The molecule has 2 aliphatic carbocycles. The van der Waals surface area contributed by atoms with Crippen LogP contribution in [0.1, 0.15) is 82.6 Å². The van der Waals surface area contributed by atoms with Gasteiger partial charge in [-0.05, 0) is 76.3 Å². The molecule has 0 aromatic heterocycles. The fraction of sp³-hybridized carbons (Fsp3) is 0.633. The maximum atomic E-state index is 14.5. The second-order valence-corrected chi connectivity index (χ2v) is 14.7. The molecule has 4 aliphatic rings. The number of carbonyl (C=O) groups excluding carboxylic acids is 3. The minimum Gasteiger partial charge on any atom is -0.446 e. The predicted molar refractivity (Wildman–Crippen MR) is 151 cm³/mol. The number of halogens is 3. The summed E-state index contributed by atoms with van der Waals surface area (Å²) in [6.45, 7) is 0.263. The van der Waals surface area contributed by atoms with Crippen molar-refractivity contribution in [3.8, 4) is 0 Å². The molecule has 9 nitrogen and oxygen atoms in total. The Kier molecular flexibility index (Phi) is 9.56. The Balaban J connectivity index is 1.38. The second-order valence-electron chi connectivity index (χ2n) is 12.2. The lowest BCUT2D eigenvalue weighted by Crippen LogP contribution is -2.55. The van der Waals surface area contributed by atoms with Crippen LogP contribution >= 0.6 is 7.37 Å². The Hall–Kier alpha value is -2.85. The van der Waals surface area contributed by atoms with E-state index in [4.69, 9.17) is 4.74 Å². The molecule has 0 bridgehead atoms. The third-order valence-electron chi connectivity index (χ3n) is 9.20. The lowest BCUT2D eigenvalue weighted by atomic mass is 10.1. The molecule has 1 aromatic carbocycles. The van der Waals surface area contributed by atoms with Crippen molar-refractivity contribution < 1.29 is 41.8 Å². The molecule has 236 valence electrons. The first kappa shape index (κ1) is 31.6. The Morgan fingerprint density at radius 3 is 2.53 bits per heavy atom. The fourth-order valence-corrected chi connectivity index (χ4v) is 9.02. The number of amides is 3. The van der Waals surface area contributed by atoms with E-state index in [1.54, 1.807) is 6.08 Å². The highest BCUT2D eigenvalue weighted by Gasteiger charge is 2.66. The number of benzene rings is 1. The van der Waals surface area contributed by atoms with Gasteiger partial charge in [0.15, 0.2) is 11.6 Å². The van der Waals surface area contributed by atoms with Crippen molar-refractivity contribution in [2.75, 3.05) is 6.54 Å². The smallest absolute Gasteiger partial charge is 0.408 e. The zero-order valence-electron chi connectivity index (χ0n) is 24.0. The van der Waals surface area contributed by atoms with Crippen molar-refractivity contribution in [2.45, 2.75) is 107 Å². The van der Waals surface area contributed by atoms with Gasteiger partial charge in [0.2, 0.25) is 19.2 Å². The van der Waals surface area contributed by atoms with E-state index in [0.717, 1.165) is 38.5 Å². The molecule has 1 unspecified atom stereocenters. The Labute approximate surface area is 249 Å². The molecule has 1 saturated heterocycles. The molecule has 2 aliphatic heterocycles. The Morgan fingerprint density at radius 2 is 1.77 bits per heavy atom. The average molecular weight is 626 g/mol. The quantitative estimate of drug-likeness (QED) is 0.233. The summed E-state index contributed by atoms with van der Waals surface area (Å²) >= 11 is 0. The van der Waals surface area contributed by atoms with Crippen molar-refractivity contribution in [1.29, 1.82) is 0 Å². The largest absolute Gasteiger partial charge is 0.446 e. The molecule has 2 saturated carbocycles. The van der Waals surface area contributed by atoms with E-state index in [1.165, 1.54) is 4.90 Å². The number of hydrogen-bond donors (Lipinski definition) is 3. The van der Waals surface area contributed by atoms with Gasteiger partial charge in [0.05, 0.1) is 6.16 Å². The lowest BCUT2D eigenvalue weighted by Gasteiger charge is -2.31. The van der Waals surface area contributed by atoms with Gasteiger partial charge < -0.3 is 25.2 Å². The van der Waals surface area contributed by atoms with Gasteiger partial charge in [-0.2, -0.15) is 0 Å². The van der Waals surface area contributed by atoms with Crippen LogP contribution in [0, 0.1) is 23.4 Å². The standard InChI is InChI=1S/C30H39F3N3O6P/c31-22-14-15-23(32)26(33)21(22)18-43(40,41)30-17-19(30)9-4-2-1-3-5-12-24(34-29(39)42-20-10-6-7-11-20)28(38)36-16-8-13-25(36)27(37)35-30/h4,9,14-15,19-20,24-25H,1-3,5-8,10-13,16-18H2,(H,34,39)(H,35,37)(H,40,41)/b9-4-/t19-,24+,25+,30+/m1/s1. The summed E-state index contributed by atoms with van der Waals surface area (Å²) in [5, 5.41) is 3.70. The van der Waals surface area contributed by atoms with Crippen LogP contribution in [-0.4, -0.2) is 57.7 Å². The van der Waals surface area contributed by atoms with E-state index in [0.29, 0.717) is 44.2 Å². The highest BCUT2D eigenvalue weighted by molar-refractivity contribution is 7.59. The number of ether oxygens (including phenoxy) is 1. The molecule has 3 amide bonds. The number of alkyl carbamates (subject to hydrolysis) is 1. The van der Waals surface area contributed by atoms with Crippen molar-refractivity contribution in [3.63, 3.8) is 0 Å². The molecule has 5 atom stereocenters. The predicted octanol–water partition coefficient (Wildman–Crippen LogP) is 5.26. The van der Waals surface area contributed by atoms with Crippen molar-refractivity contribution >= 4 is 25.3 Å². The van der Waals surface area contributed by atoms with Crippen LogP contribution < -0.4 is 10.6 Å². The van der Waals surface area contributed by atoms with E-state index < -0.39 is 77.7 Å². The first-order valence-corrected chi connectivity index (χ1v) is 17.1. The van der Waals surface area contributed by atoms with E-state index in [9.17, 15) is 37.0 Å². The molecule has 1 aromatic rings. The first-order valence-electron chi connectivity index (χ1n) is 15.2. The number of rotatable bonds is 5. The number of nitrogens with zero attached hydrogens (tertiary/aromatic N) is 1. The Morgan fingerprint density at radius 1 is 1.05 bits per heavy atom. The zero-order valence-corrected chi connectivity index (χ0v) is 24.9. The zero-order chi connectivity index (χ0) is 30.8. The molecule has 2 heterocycles. The minimum absolute atomic E-state index is 0.0550. The molecule has 3 N–H and O–H groups in total. The van der Waals surface area contributed by atoms with Crippen LogP contribution in [0.25, 0.3) is 0 Å². The summed E-state index contributed by atoms with van der Waals surface area (Å²) in [6, 6.07) is -0.558. The van der Waals surface area contributed by atoms with E-state index in [-0.39, 0.29) is 19.1 Å². The lowest BCUT2D eigenvalue weighted by molar-refractivity contribution is -0.140.